The summed E-state index contributed by atoms with van der Waals surface area (Å²) in [7, 11) is -11.9. The zero-order valence-corrected chi connectivity index (χ0v) is 47.4. The Hall–Kier alpha value is -6.10. The number of hydrogen-bond donors (Lipinski definition) is 1. The van der Waals surface area contributed by atoms with E-state index in [-0.39, 0.29) is 12.4 Å². The third-order valence-electron chi connectivity index (χ3n) is 10.9. The number of carbonyl (C=O) groups excluding carboxylic acids is 4. The average Bonchev–Trinajstić information content (AvgIpc) is 3.47. The smallest absolute Gasteiger partial charge is 0.464 e. The van der Waals surface area contributed by atoms with E-state index in [2.05, 4.69) is 41.5 Å². The van der Waals surface area contributed by atoms with Crippen LogP contribution >= 0.6 is 0 Å². The molecule has 82 heavy (non-hydrogen) atoms. The number of methoxy groups -OCH3 is 1. The molecule has 0 fully saturated rings. The van der Waals surface area contributed by atoms with Crippen LogP contribution in [-0.4, -0.2) is 114 Å². The van der Waals surface area contributed by atoms with Crippen LogP contribution in [0.3, 0.4) is 0 Å². The van der Waals surface area contributed by atoms with Crippen LogP contribution in [0.1, 0.15) is 153 Å². The first kappa shape index (κ1) is 75.9. The fourth-order valence-corrected chi connectivity index (χ4v) is 7.47. The molecule has 0 saturated carbocycles. The van der Waals surface area contributed by atoms with Crippen LogP contribution in [0.2, 0.25) is 0 Å². The standard InChI is InChI=1S/C26H34F5NO7S.C16H30O3.C11H8F5NO5S/c1-20(2)23(33)37-18-14-9-7-5-3-4-6-8-10-15-19-38-24(34)26(30,31)40(35,36)39-32-22(25(27,28)29)21-16-12-11-13-17-21;1-15(2)16(18)19-14-12-10-8-6-4-3-5-7-9-11-13-17;1-21-9(18)11(15,16)23(19,20)22-17-8(10(12,13)14)7-5-3-2-4-6-7/h11-13,16-17H,1,3-10,14-15,18-19H2,2H3;17H,1,3-14H2,2H3;2-6H,1H3/b32-22-;;17-8-. The highest BCUT2D eigenvalue weighted by Crippen LogP contribution is 2.30. The van der Waals surface area contributed by atoms with E-state index in [0.717, 1.165) is 101 Å². The Bertz CT molecular complexity index is 2530. The molecule has 17 nitrogen and oxygen atoms in total. The van der Waals surface area contributed by atoms with Gasteiger partial charge in [-0.25, -0.2) is 19.2 Å². The Kier molecular flexibility index (Phi) is 36.5. The fourth-order valence-electron chi connectivity index (χ4n) is 6.39. The van der Waals surface area contributed by atoms with Gasteiger partial charge in [0, 0.05) is 28.9 Å². The zero-order chi connectivity index (χ0) is 62.5. The molecule has 2 aromatic carbocycles. The number of alkyl halides is 10. The van der Waals surface area contributed by atoms with Crippen LogP contribution in [0.25, 0.3) is 0 Å². The first-order valence-corrected chi connectivity index (χ1v) is 28.7. The molecule has 2 rings (SSSR count). The molecule has 0 radical (unpaired) electrons. The third kappa shape index (κ3) is 30.8. The molecular formula is C53H72F10N2O15S2. The molecule has 0 aromatic heterocycles. The van der Waals surface area contributed by atoms with Crippen molar-refractivity contribution in [2.45, 2.75) is 165 Å². The number of esters is 4. The Morgan fingerprint density at radius 3 is 0.988 bits per heavy atom. The quantitative estimate of drug-likeness (QED) is 0.0126. The number of unbranched alkanes of at least 4 members (excludes halogenated alkanes) is 18. The lowest BCUT2D eigenvalue weighted by Crippen LogP contribution is -2.40. The molecule has 0 atom stereocenters. The summed E-state index contributed by atoms with van der Waals surface area (Å²) >= 11 is 0. The van der Waals surface area contributed by atoms with Crippen molar-refractivity contribution in [2.75, 3.05) is 33.5 Å². The van der Waals surface area contributed by atoms with Crippen LogP contribution in [0.4, 0.5) is 43.9 Å². The number of ether oxygens (including phenoxy) is 4. The summed E-state index contributed by atoms with van der Waals surface area (Å²) in [4.78, 5) is 44.7. The van der Waals surface area contributed by atoms with E-state index in [9.17, 15) is 79.9 Å². The summed E-state index contributed by atoms with van der Waals surface area (Å²) in [5.74, 6) is -5.66. The van der Waals surface area contributed by atoms with Gasteiger partial charge in [0.2, 0.25) is 0 Å². The van der Waals surface area contributed by atoms with Crippen LogP contribution in [0, 0.1) is 0 Å². The lowest BCUT2D eigenvalue weighted by atomic mass is 10.1. The third-order valence-corrected chi connectivity index (χ3v) is 13.0. The van der Waals surface area contributed by atoms with E-state index in [1.165, 1.54) is 74.9 Å². The fraction of sp³-hybridized carbons (Fsp3) is 0.585. The van der Waals surface area contributed by atoms with E-state index < -0.39 is 90.2 Å². The first-order valence-electron chi connectivity index (χ1n) is 25.9. The van der Waals surface area contributed by atoms with Gasteiger partial charge in [-0.1, -0.05) is 187 Å². The molecule has 0 spiro atoms. The van der Waals surface area contributed by atoms with Crippen molar-refractivity contribution in [3.8, 4) is 0 Å². The molecule has 0 aliphatic carbocycles. The number of hydrogen-bond acceptors (Lipinski definition) is 17. The highest BCUT2D eigenvalue weighted by atomic mass is 32.2. The van der Waals surface area contributed by atoms with Crippen LogP contribution in [-0.2, 0) is 66.9 Å². The Balaban J connectivity index is 0.00000132. The molecule has 0 bridgehead atoms. The topological polar surface area (TPSA) is 237 Å². The average molecular weight is 1230 g/mol. The van der Waals surface area contributed by atoms with Crippen molar-refractivity contribution >= 4 is 55.5 Å². The lowest BCUT2D eigenvalue weighted by Gasteiger charge is -2.15. The molecule has 0 saturated heterocycles. The minimum absolute atomic E-state index is 0.190. The summed E-state index contributed by atoms with van der Waals surface area (Å²) in [5, 5.41) is 2.75. The van der Waals surface area contributed by atoms with Crippen LogP contribution in [0.5, 0.6) is 0 Å². The molecule has 0 unspecified atom stereocenters. The second-order valence-electron chi connectivity index (χ2n) is 18.0. The molecule has 0 aliphatic heterocycles. The molecule has 466 valence electrons. The maximum atomic E-state index is 14.1. The van der Waals surface area contributed by atoms with Crippen molar-refractivity contribution in [1.82, 2.24) is 0 Å². The van der Waals surface area contributed by atoms with Crippen molar-refractivity contribution < 1.29 is 113 Å². The maximum absolute atomic E-state index is 14.1. The van der Waals surface area contributed by atoms with E-state index in [0.29, 0.717) is 44.5 Å². The summed E-state index contributed by atoms with van der Waals surface area (Å²) < 4.78 is 203. The minimum Gasteiger partial charge on any atom is -0.464 e. The Morgan fingerprint density at radius 1 is 0.451 bits per heavy atom. The summed E-state index contributed by atoms with van der Waals surface area (Å²) in [6.45, 7) is 11.0. The SMILES string of the molecule is C=C(C)C(=O)OCCCCCCCCCCCCO.C=C(C)C(=O)OCCCCCCCCCCCCOC(=O)C(F)(F)S(=O)(=O)O/N=C(/c1ccccc1)C(F)(F)F.COC(=O)C(F)(F)S(=O)(=O)O/N=C(/c1ccccc1)C(F)(F)F. The van der Waals surface area contributed by atoms with Crippen molar-refractivity contribution in [2.24, 2.45) is 10.3 Å². The van der Waals surface area contributed by atoms with E-state index >= 15 is 0 Å². The second kappa shape index (κ2) is 39.4. The van der Waals surface area contributed by atoms with Crippen molar-refractivity contribution in [3.63, 3.8) is 0 Å². The highest BCUT2D eigenvalue weighted by Gasteiger charge is 2.58. The van der Waals surface area contributed by atoms with Gasteiger partial charge in [0.1, 0.15) is 0 Å². The highest BCUT2D eigenvalue weighted by molar-refractivity contribution is 7.88. The van der Waals surface area contributed by atoms with Crippen LogP contribution in [0.15, 0.2) is 95.3 Å². The normalized spacial score (nSPS) is 12.4. The number of halogens is 10. The second-order valence-corrected chi connectivity index (χ2v) is 21.1. The number of carbonyl (C=O) groups is 4. The summed E-state index contributed by atoms with van der Waals surface area (Å²) in [5.41, 5.74) is -4.16. The molecular weight excluding hydrogens is 1160 g/mol. The van der Waals surface area contributed by atoms with Gasteiger partial charge >= 0.3 is 67.0 Å². The van der Waals surface area contributed by atoms with Gasteiger partial charge in [-0.3, -0.25) is 8.57 Å². The van der Waals surface area contributed by atoms with Gasteiger partial charge in [-0.2, -0.15) is 60.7 Å². The number of aliphatic hydroxyl groups excluding tert-OH is 1. The van der Waals surface area contributed by atoms with E-state index in [1.807, 2.05) is 0 Å². The Labute approximate surface area is 471 Å². The van der Waals surface area contributed by atoms with Gasteiger partial charge in [0.25, 0.3) is 0 Å². The predicted octanol–water partition coefficient (Wildman–Crippen LogP) is 12.5. The minimum atomic E-state index is -6.22. The zero-order valence-electron chi connectivity index (χ0n) is 45.8. The molecule has 29 heteroatoms. The largest absolute Gasteiger partial charge is 0.478 e. The number of oxime groups is 2. The van der Waals surface area contributed by atoms with Gasteiger partial charge in [-0.05, 0) is 39.5 Å². The summed E-state index contributed by atoms with van der Waals surface area (Å²) in [6.07, 6.45) is 9.38. The monoisotopic (exact) mass is 1230 g/mol. The molecule has 0 heterocycles. The van der Waals surface area contributed by atoms with Crippen molar-refractivity contribution in [3.05, 3.63) is 96.1 Å². The van der Waals surface area contributed by atoms with E-state index in [4.69, 9.17) is 14.6 Å². The maximum Gasteiger partial charge on any atom is 0.478 e. The van der Waals surface area contributed by atoms with Crippen molar-refractivity contribution in [1.29, 1.82) is 0 Å². The number of aliphatic hydroxyl groups is 1. The van der Waals surface area contributed by atoms with Crippen LogP contribution < -0.4 is 0 Å². The predicted molar refractivity (Wildman–Crippen MR) is 282 cm³/mol. The van der Waals surface area contributed by atoms with Gasteiger partial charge in [-0.15, -0.1) is 0 Å². The molecule has 1 N–H and O–H groups in total. The lowest BCUT2D eigenvalue weighted by molar-refractivity contribution is -0.161. The molecule has 2 aromatic rings. The first-order chi connectivity index (χ1) is 38.3. The van der Waals surface area contributed by atoms with E-state index in [1.54, 1.807) is 13.8 Å². The Morgan fingerprint density at radius 2 is 0.720 bits per heavy atom. The number of rotatable bonds is 37. The molecule has 0 aliphatic rings. The van der Waals surface area contributed by atoms with Gasteiger partial charge < -0.3 is 24.1 Å². The number of nitrogens with zero attached hydrogens (tertiary/aromatic N) is 2. The summed E-state index contributed by atoms with van der Waals surface area (Å²) in [6, 6.07) is 11.1. The number of benzene rings is 2. The molecule has 0 amide bonds. The van der Waals surface area contributed by atoms with Gasteiger partial charge in [0.15, 0.2) is 11.4 Å². The van der Waals surface area contributed by atoms with Gasteiger partial charge in [0.05, 0.1) is 26.9 Å².